The fourth-order valence-corrected chi connectivity index (χ4v) is 2.35. The molecule has 1 amide bonds. The van der Waals surface area contributed by atoms with Gasteiger partial charge in [-0.2, -0.15) is 0 Å². The van der Waals surface area contributed by atoms with Crippen LogP contribution >= 0.6 is 0 Å². The topological polar surface area (TPSA) is 130 Å². The van der Waals surface area contributed by atoms with Crippen LogP contribution in [0.15, 0.2) is 45.0 Å². The molecule has 0 unspecified atom stereocenters. The SMILES string of the molecule is CCn1c(=O)c(C(=O)Nc2c[nH]c(=O)[nH]c2=O)cc2cccnc21. The van der Waals surface area contributed by atoms with Crippen LogP contribution in [0.1, 0.15) is 17.3 Å². The number of hydrogen-bond acceptors (Lipinski definition) is 5. The van der Waals surface area contributed by atoms with Crippen molar-refractivity contribution >= 4 is 22.6 Å². The van der Waals surface area contributed by atoms with Crippen molar-refractivity contribution < 1.29 is 4.79 Å². The number of nitrogens with one attached hydrogen (secondary N) is 3. The van der Waals surface area contributed by atoms with Gasteiger partial charge >= 0.3 is 5.69 Å². The van der Waals surface area contributed by atoms with Crippen molar-refractivity contribution in [3.05, 3.63) is 67.3 Å². The zero-order valence-corrected chi connectivity index (χ0v) is 12.6. The van der Waals surface area contributed by atoms with Crippen molar-refractivity contribution in [1.82, 2.24) is 19.5 Å². The summed E-state index contributed by atoms with van der Waals surface area (Å²) < 4.78 is 1.38. The first-order valence-electron chi connectivity index (χ1n) is 7.13. The van der Waals surface area contributed by atoms with Gasteiger partial charge in [0.25, 0.3) is 17.0 Å². The van der Waals surface area contributed by atoms with Crippen LogP contribution < -0.4 is 22.1 Å². The Hall–Kier alpha value is -3.49. The van der Waals surface area contributed by atoms with Crippen molar-refractivity contribution in [1.29, 1.82) is 0 Å². The number of carbonyl (C=O) groups excluding carboxylic acids is 1. The number of aromatic nitrogens is 4. The number of anilines is 1. The fraction of sp³-hybridized carbons (Fsp3) is 0.133. The van der Waals surface area contributed by atoms with Crippen LogP contribution in [-0.4, -0.2) is 25.4 Å². The van der Waals surface area contributed by atoms with Gasteiger partial charge < -0.3 is 10.3 Å². The molecule has 0 saturated carbocycles. The van der Waals surface area contributed by atoms with Crippen LogP contribution in [0.5, 0.6) is 0 Å². The Bertz CT molecular complexity index is 1110. The first-order valence-corrected chi connectivity index (χ1v) is 7.13. The third-order valence-electron chi connectivity index (χ3n) is 3.48. The van der Waals surface area contributed by atoms with Crippen LogP contribution in [0.25, 0.3) is 11.0 Å². The highest BCUT2D eigenvalue weighted by molar-refractivity contribution is 6.05. The van der Waals surface area contributed by atoms with Gasteiger partial charge in [-0.15, -0.1) is 0 Å². The standard InChI is InChI=1S/C15H13N5O4/c1-2-20-11-8(4-3-5-16-11)6-9(14(20)23)12(21)18-10-7-17-15(24)19-13(10)22/h3-7H,2H2,1H3,(H,18,21)(H2,17,19,22,24). The van der Waals surface area contributed by atoms with E-state index in [2.05, 4.69) is 15.3 Å². The van der Waals surface area contributed by atoms with E-state index in [-0.39, 0.29) is 11.3 Å². The quantitative estimate of drug-likeness (QED) is 0.625. The summed E-state index contributed by atoms with van der Waals surface area (Å²) in [5.74, 6) is -0.745. The van der Waals surface area contributed by atoms with Crippen LogP contribution in [0.4, 0.5) is 5.69 Å². The van der Waals surface area contributed by atoms with Gasteiger partial charge in [-0.3, -0.25) is 23.9 Å². The zero-order chi connectivity index (χ0) is 17.3. The lowest BCUT2D eigenvalue weighted by Crippen LogP contribution is -2.32. The molecule has 3 N–H and O–H groups in total. The molecule has 0 aliphatic rings. The molecule has 3 rings (SSSR count). The molecule has 9 heteroatoms. The Morgan fingerprint density at radius 3 is 2.83 bits per heavy atom. The Kier molecular flexibility index (Phi) is 3.82. The number of amides is 1. The number of nitrogens with zero attached hydrogens (tertiary/aromatic N) is 2. The van der Waals surface area contributed by atoms with Gasteiger partial charge in [-0.25, -0.2) is 9.78 Å². The summed E-state index contributed by atoms with van der Waals surface area (Å²) in [5, 5.41) is 2.95. The molecule has 0 spiro atoms. The third-order valence-corrected chi connectivity index (χ3v) is 3.48. The average Bonchev–Trinajstić information content (AvgIpc) is 2.57. The highest BCUT2D eigenvalue weighted by atomic mass is 16.2. The van der Waals surface area contributed by atoms with Gasteiger partial charge in [0.1, 0.15) is 16.9 Å². The van der Waals surface area contributed by atoms with Gasteiger partial charge in [0.05, 0.1) is 0 Å². The van der Waals surface area contributed by atoms with E-state index < -0.39 is 22.7 Å². The lowest BCUT2D eigenvalue weighted by atomic mass is 10.2. The summed E-state index contributed by atoms with van der Waals surface area (Å²) in [5.41, 5.74) is -1.77. The first-order chi connectivity index (χ1) is 11.5. The minimum atomic E-state index is -0.759. The molecule has 0 aliphatic heterocycles. The van der Waals surface area contributed by atoms with Crippen molar-refractivity contribution in [2.24, 2.45) is 0 Å². The van der Waals surface area contributed by atoms with Gasteiger partial charge in [0.15, 0.2) is 0 Å². The minimum absolute atomic E-state index is 0.122. The second kappa shape index (κ2) is 5.95. The number of fused-ring (bicyclic) bond motifs is 1. The van der Waals surface area contributed by atoms with E-state index in [4.69, 9.17) is 0 Å². The minimum Gasteiger partial charge on any atom is -0.316 e. The smallest absolute Gasteiger partial charge is 0.316 e. The predicted octanol–water partition coefficient (Wildman–Crippen LogP) is 0.0453. The molecule has 3 aromatic rings. The summed E-state index contributed by atoms with van der Waals surface area (Å²) >= 11 is 0. The average molecular weight is 327 g/mol. The van der Waals surface area contributed by atoms with E-state index in [9.17, 15) is 19.2 Å². The monoisotopic (exact) mass is 327 g/mol. The maximum Gasteiger partial charge on any atom is 0.325 e. The van der Waals surface area contributed by atoms with Gasteiger partial charge in [0.2, 0.25) is 0 Å². The molecule has 0 radical (unpaired) electrons. The summed E-state index contributed by atoms with van der Waals surface area (Å²) in [4.78, 5) is 55.9. The highest BCUT2D eigenvalue weighted by Crippen LogP contribution is 2.11. The van der Waals surface area contributed by atoms with Gasteiger partial charge in [-0.1, -0.05) is 0 Å². The van der Waals surface area contributed by atoms with E-state index >= 15 is 0 Å². The van der Waals surface area contributed by atoms with E-state index in [1.807, 2.05) is 4.98 Å². The Labute approximate surface area is 134 Å². The number of H-pyrrole nitrogens is 2. The van der Waals surface area contributed by atoms with Gasteiger partial charge in [-0.05, 0) is 25.1 Å². The Morgan fingerprint density at radius 1 is 1.33 bits per heavy atom. The molecular weight excluding hydrogens is 314 g/mol. The maximum absolute atomic E-state index is 12.5. The summed E-state index contributed by atoms with van der Waals surface area (Å²) in [6, 6.07) is 4.85. The molecule has 24 heavy (non-hydrogen) atoms. The molecule has 3 heterocycles. The number of pyridine rings is 2. The normalized spacial score (nSPS) is 10.7. The van der Waals surface area contributed by atoms with Gasteiger partial charge in [0, 0.05) is 24.3 Å². The summed E-state index contributed by atoms with van der Waals surface area (Å²) in [6.07, 6.45) is 2.63. The fourth-order valence-electron chi connectivity index (χ4n) is 2.35. The van der Waals surface area contributed by atoms with Crippen molar-refractivity contribution in [3.8, 4) is 0 Å². The molecule has 0 bridgehead atoms. The van der Waals surface area contributed by atoms with Crippen LogP contribution in [0.2, 0.25) is 0 Å². The second-order valence-electron chi connectivity index (χ2n) is 4.96. The molecule has 0 atom stereocenters. The van der Waals surface area contributed by atoms with Crippen molar-refractivity contribution in [3.63, 3.8) is 0 Å². The first kappa shape index (κ1) is 15.4. The van der Waals surface area contributed by atoms with Crippen molar-refractivity contribution in [2.75, 3.05) is 5.32 Å². The molecule has 9 nitrogen and oxygen atoms in total. The largest absolute Gasteiger partial charge is 0.325 e. The number of aryl methyl sites for hydroxylation is 1. The Morgan fingerprint density at radius 2 is 2.12 bits per heavy atom. The third kappa shape index (κ3) is 2.62. The van der Waals surface area contributed by atoms with Crippen LogP contribution in [0, 0.1) is 0 Å². The Balaban J connectivity index is 2.10. The summed E-state index contributed by atoms with van der Waals surface area (Å²) in [6.45, 7) is 2.11. The van der Waals surface area contributed by atoms with E-state index in [0.717, 1.165) is 6.20 Å². The van der Waals surface area contributed by atoms with E-state index in [0.29, 0.717) is 17.6 Å². The van der Waals surface area contributed by atoms with E-state index in [1.54, 1.807) is 25.3 Å². The maximum atomic E-state index is 12.5. The second-order valence-corrected chi connectivity index (χ2v) is 4.96. The molecule has 0 aromatic carbocycles. The molecule has 122 valence electrons. The molecule has 3 aromatic heterocycles. The lowest BCUT2D eigenvalue weighted by molar-refractivity contribution is 0.102. The number of hydrogen-bond donors (Lipinski definition) is 3. The zero-order valence-electron chi connectivity index (χ0n) is 12.6. The number of rotatable bonds is 3. The van der Waals surface area contributed by atoms with E-state index in [1.165, 1.54) is 10.6 Å². The van der Waals surface area contributed by atoms with Crippen LogP contribution in [-0.2, 0) is 6.54 Å². The highest BCUT2D eigenvalue weighted by Gasteiger charge is 2.16. The lowest BCUT2D eigenvalue weighted by Gasteiger charge is -2.10. The molecule has 0 fully saturated rings. The predicted molar refractivity (Wildman–Crippen MR) is 87.3 cm³/mol. The number of carbonyl (C=O) groups is 1. The van der Waals surface area contributed by atoms with Crippen molar-refractivity contribution in [2.45, 2.75) is 13.5 Å². The molecular formula is C15H13N5O4. The molecule has 0 saturated heterocycles. The molecule has 0 aliphatic carbocycles. The van der Waals surface area contributed by atoms with Crippen LogP contribution in [0.3, 0.4) is 0 Å². The summed E-state index contributed by atoms with van der Waals surface area (Å²) in [7, 11) is 0. The number of aromatic amines is 2.